The van der Waals surface area contributed by atoms with Gasteiger partial charge in [-0.1, -0.05) is 13.0 Å². The van der Waals surface area contributed by atoms with Crippen LogP contribution in [0.25, 0.3) is 0 Å². The molecule has 0 saturated carbocycles. The van der Waals surface area contributed by atoms with Gasteiger partial charge in [-0.05, 0) is 43.4 Å². The number of rotatable bonds is 7. The number of imidazole rings is 1. The molecular weight excluding hydrogens is 464 g/mol. The van der Waals surface area contributed by atoms with E-state index in [1.54, 1.807) is 17.3 Å². The zero-order valence-electron chi connectivity index (χ0n) is 20.2. The average molecular weight is 495 g/mol. The van der Waals surface area contributed by atoms with Crippen molar-refractivity contribution in [2.24, 2.45) is 5.92 Å². The zero-order valence-corrected chi connectivity index (χ0v) is 21.0. The molecule has 0 radical (unpaired) electrons. The summed E-state index contributed by atoms with van der Waals surface area (Å²) < 4.78 is 7.46. The van der Waals surface area contributed by atoms with E-state index in [2.05, 4.69) is 21.4 Å². The fourth-order valence-electron chi connectivity index (χ4n) is 4.51. The number of amides is 2. The van der Waals surface area contributed by atoms with Gasteiger partial charge in [0.1, 0.15) is 12.4 Å². The quantitative estimate of drug-likeness (QED) is 0.627. The van der Waals surface area contributed by atoms with Gasteiger partial charge in [0, 0.05) is 36.5 Å². The number of pyridine rings is 1. The van der Waals surface area contributed by atoms with E-state index in [1.807, 2.05) is 43.7 Å². The van der Waals surface area contributed by atoms with Crippen molar-refractivity contribution in [2.45, 2.75) is 51.4 Å². The highest BCUT2D eigenvalue weighted by atomic mass is 32.2. The summed E-state index contributed by atoms with van der Waals surface area (Å²) in [6.45, 7) is 7.56. The van der Waals surface area contributed by atoms with Gasteiger partial charge in [-0.2, -0.15) is 5.26 Å². The predicted molar refractivity (Wildman–Crippen MR) is 132 cm³/mol. The van der Waals surface area contributed by atoms with Gasteiger partial charge in [-0.3, -0.25) is 9.78 Å². The van der Waals surface area contributed by atoms with E-state index >= 15 is 0 Å². The molecule has 2 aliphatic heterocycles. The van der Waals surface area contributed by atoms with Gasteiger partial charge >= 0.3 is 6.09 Å². The summed E-state index contributed by atoms with van der Waals surface area (Å²) in [5.41, 5.74) is 2.96. The van der Waals surface area contributed by atoms with Crippen LogP contribution in [-0.2, 0) is 16.1 Å². The lowest BCUT2D eigenvalue weighted by Gasteiger charge is -2.27. The zero-order chi connectivity index (χ0) is 24.9. The molecule has 2 amide bonds. The third-order valence-corrected chi connectivity index (χ3v) is 7.71. The number of thioether (sulfide) groups is 1. The number of aromatic nitrogens is 3. The molecule has 0 saturated heterocycles. The number of hydrogen-bond donors (Lipinski definition) is 1. The Morgan fingerprint density at radius 2 is 2.23 bits per heavy atom. The minimum Gasteiger partial charge on any atom is -0.448 e. The highest BCUT2D eigenvalue weighted by molar-refractivity contribution is 8.04. The Morgan fingerprint density at radius 3 is 2.91 bits per heavy atom. The Hall–Kier alpha value is -3.32. The van der Waals surface area contributed by atoms with Gasteiger partial charge in [0.15, 0.2) is 0 Å². The summed E-state index contributed by atoms with van der Waals surface area (Å²) in [4.78, 5) is 36.5. The molecule has 10 heteroatoms. The van der Waals surface area contributed by atoms with E-state index < -0.39 is 5.92 Å². The molecule has 2 aromatic heterocycles. The number of nitrogens with one attached hydrogen (secondary N) is 1. The first-order chi connectivity index (χ1) is 16.9. The van der Waals surface area contributed by atoms with Crippen LogP contribution in [0, 0.1) is 31.1 Å². The van der Waals surface area contributed by atoms with Crippen molar-refractivity contribution >= 4 is 23.8 Å². The van der Waals surface area contributed by atoms with Crippen molar-refractivity contribution in [3.05, 3.63) is 58.3 Å². The number of nitrogens with zero attached hydrogens (tertiary/aromatic N) is 5. The number of hydrogen-bond acceptors (Lipinski definition) is 7. The van der Waals surface area contributed by atoms with Crippen LogP contribution in [0.2, 0.25) is 0 Å². The first-order valence-electron chi connectivity index (χ1n) is 11.7. The van der Waals surface area contributed by atoms with Crippen LogP contribution in [0.1, 0.15) is 42.8 Å². The molecule has 0 bridgehead atoms. The summed E-state index contributed by atoms with van der Waals surface area (Å²) >= 11 is 1.48. The van der Waals surface area contributed by atoms with Crippen LogP contribution >= 0.6 is 11.8 Å². The average Bonchev–Trinajstić information content (AvgIpc) is 3.36. The van der Waals surface area contributed by atoms with Gasteiger partial charge in [0.05, 0.1) is 36.1 Å². The highest BCUT2D eigenvalue weighted by Crippen LogP contribution is 2.44. The summed E-state index contributed by atoms with van der Waals surface area (Å²) in [5.74, 6) is 0.427. The Bertz CT molecular complexity index is 1160. The normalized spacial score (nSPS) is 20.2. The number of nitriles is 1. The molecule has 0 fully saturated rings. The molecule has 3 atom stereocenters. The monoisotopic (exact) mass is 494 g/mol. The first-order valence-corrected chi connectivity index (χ1v) is 12.6. The van der Waals surface area contributed by atoms with Crippen molar-refractivity contribution in [1.29, 1.82) is 5.26 Å². The van der Waals surface area contributed by atoms with E-state index in [4.69, 9.17) is 4.74 Å². The molecule has 9 nitrogen and oxygen atoms in total. The fraction of sp³-hybridized carbons (Fsp3) is 0.480. The van der Waals surface area contributed by atoms with Crippen LogP contribution in [0.3, 0.4) is 0 Å². The van der Waals surface area contributed by atoms with Gasteiger partial charge in [-0.15, -0.1) is 11.8 Å². The number of ether oxygens (including phenoxy) is 1. The lowest BCUT2D eigenvalue weighted by Crippen LogP contribution is -2.38. The summed E-state index contributed by atoms with van der Waals surface area (Å²) in [6.07, 6.45) is 5.97. The molecule has 4 heterocycles. The van der Waals surface area contributed by atoms with Gasteiger partial charge in [0.25, 0.3) is 0 Å². The second-order valence-electron chi connectivity index (χ2n) is 8.96. The topological polar surface area (TPSA) is 113 Å². The van der Waals surface area contributed by atoms with Gasteiger partial charge in [-0.25, -0.2) is 9.78 Å². The van der Waals surface area contributed by atoms with Crippen molar-refractivity contribution in [1.82, 2.24) is 24.8 Å². The molecule has 35 heavy (non-hydrogen) atoms. The summed E-state index contributed by atoms with van der Waals surface area (Å²) in [5, 5.41) is 12.5. The van der Waals surface area contributed by atoms with Crippen LogP contribution in [0.15, 0.2) is 41.2 Å². The van der Waals surface area contributed by atoms with E-state index in [-0.39, 0.29) is 29.9 Å². The molecule has 184 valence electrons. The number of aryl methyl sites for hydroxylation is 2. The smallest absolute Gasteiger partial charge is 0.410 e. The maximum absolute atomic E-state index is 12.7. The SMILES string of the molecule is Cc1cn(CCOC(=O)N2CCC3=C(C2)SC(NC(=O)CC(C)c2cccnc2)C3C#N)c(C)n1. The first kappa shape index (κ1) is 24.8. The Labute approximate surface area is 209 Å². The van der Waals surface area contributed by atoms with Crippen LogP contribution in [-0.4, -0.2) is 56.5 Å². The van der Waals surface area contributed by atoms with E-state index in [0.717, 1.165) is 27.6 Å². The van der Waals surface area contributed by atoms with Crippen LogP contribution in [0.5, 0.6) is 0 Å². The van der Waals surface area contributed by atoms with Gasteiger partial charge in [0.2, 0.25) is 5.91 Å². The predicted octanol–water partition coefficient (Wildman–Crippen LogP) is 3.51. The van der Waals surface area contributed by atoms with Crippen molar-refractivity contribution in [3.63, 3.8) is 0 Å². The van der Waals surface area contributed by atoms with Crippen LogP contribution < -0.4 is 5.32 Å². The molecule has 0 spiro atoms. The van der Waals surface area contributed by atoms with Crippen molar-refractivity contribution in [2.75, 3.05) is 19.7 Å². The Kier molecular flexibility index (Phi) is 7.76. The third kappa shape index (κ3) is 5.85. The molecule has 0 aliphatic carbocycles. The van der Waals surface area contributed by atoms with E-state index in [9.17, 15) is 14.9 Å². The Morgan fingerprint density at radius 1 is 1.40 bits per heavy atom. The van der Waals surface area contributed by atoms with Crippen molar-refractivity contribution < 1.29 is 14.3 Å². The lowest BCUT2D eigenvalue weighted by molar-refractivity contribution is -0.121. The largest absolute Gasteiger partial charge is 0.448 e. The summed E-state index contributed by atoms with van der Waals surface area (Å²) in [6, 6.07) is 6.18. The molecule has 4 rings (SSSR count). The third-order valence-electron chi connectivity index (χ3n) is 6.39. The molecule has 2 aromatic rings. The van der Waals surface area contributed by atoms with Crippen molar-refractivity contribution in [3.8, 4) is 6.07 Å². The molecule has 3 unspecified atom stereocenters. The minimum atomic E-state index is -0.390. The highest BCUT2D eigenvalue weighted by Gasteiger charge is 2.40. The molecule has 0 aromatic carbocycles. The van der Waals surface area contributed by atoms with E-state index in [0.29, 0.717) is 32.5 Å². The fourth-order valence-corrected chi connectivity index (χ4v) is 5.98. The lowest BCUT2D eigenvalue weighted by atomic mass is 9.94. The van der Waals surface area contributed by atoms with E-state index in [1.165, 1.54) is 11.8 Å². The second kappa shape index (κ2) is 11.0. The molecule has 1 N–H and O–H groups in total. The molecular formula is C25H30N6O3S. The van der Waals surface area contributed by atoms with Crippen LogP contribution in [0.4, 0.5) is 4.79 Å². The minimum absolute atomic E-state index is 0.0264. The van der Waals surface area contributed by atoms with Gasteiger partial charge < -0.3 is 19.5 Å². The number of carbonyl (C=O) groups excluding carboxylic acids is 2. The number of carbonyl (C=O) groups is 2. The Balaban J connectivity index is 1.28. The summed E-state index contributed by atoms with van der Waals surface area (Å²) in [7, 11) is 0. The maximum atomic E-state index is 12.7. The molecule has 2 aliphatic rings. The maximum Gasteiger partial charge on any atom is 0.410 e. The standard InChI is InChI=1S/C25H30N6O3S/c1-16(19-5-4-7-27-13-19)11-23(32)29-24-21(12-26)20-6-8-31(15-22(20)35-24)25(33)34-10-9-30-14-17(2)28-18(30)3/h4-5,7,13-14,16,21,24H,6,8-11,15H2,1-3H3,(H,29,32). The second-order valence-corrected chi connectivity index (χ2v) is 10.2.